The standard InChI is InChI=1S/C8H17NO2Si.CHNO/c1-7(2)8(10)11-5-4-9-6-12-3;2-1-3/h9H,1,4-6,12H2,2-3H3;2H. The molecule has 0 aliphatic heterocycles. The SMILES string of the molecule is C=C(C)C(=O)OCCNC[SiH2]C.N=C=O. The number of carbonyl (C=O) groups is 1. The number of carbonyl (C=O) groups excluding carboxylic acids is 2. The Morgan fingerprint density at radius 1 is 1.67 bits per heavy atom. The maximum atomic E-state index is 10.8. The van der Waals surface area contributed by atoms with Crippen LogP contribution in [-0.4, -0.2) is 40.9 Å². The van der Waals surface area contributed by atoms with Crippen LogP contribution in [0.1, 0.15) is 6.92 Å². The largest absolute Gasteiger partial charge is 0.461 e. The summed E-state index contributed by atoms with van der Waals surface area (Å²) in [5.74, 6) is -0.300. The quantitative estimate of drug-likeness (QED) is 0.165. The summed E-state index contributed by atoms with van der Waals surface area (Å²) in [4.78, 5) is 19.2. The molecule has 0 bridgehead atoms. The minimum atomic E-state index is -0.300. The van der Waals surface area contributed by atoms with Gasteiger partial charge in [-0.1, -0.05) is 13.1 Å². The summed E-state index contributed by atoms with van der Waals surface area (Å²) in [6.07, 6.45) is 1.85. The fourth-order valence-electron chi connectivity index (χ4n) is 0.641. The highest BCUT2D eigenvalue weighted by Gasteiger charge is 2.00. The molecule has 0 aliphatic rings. The zero-order valence-electron chi connectivity index (χ0n) is 9.26. The summed E-state index contributed by atoms with van der Waals surface area (Å²) in [6, 6.07) is 0. The molecule has 5 nitrogen and oxygen atoms in total. The average Bonchev–Trinajstić information content (AvgIpc) is 2.18. The summed E-state index contributed by atoms with van der Waals surface area (Å²) in [7, 11) is 0.0818. The zero-order chi connectivity index (χ0) is 12.1. The Kier molecular flexibility index (Phi) is 13.8. The number of nitrogens with one attached hydrogen (secondary N) is 2. The van der Waals surface area contributed by atoms with E-state index in [1.54, 1.807) is 6.92 Å². The van der Waals surface area contributed by atoms with Crippen LogP contribution in [0, 0.1) is 5.41 Å². The molecule has 0 aromatic rings. The van der Waals surface area contributed by atoms with Crippen molar-refractivity contribution in [3.63, 3.8) is 0 Å². The van der Waals surface area contributed by atoms with Gasteiger partial charge >= 0.3 is 5.97 Å². The van der Waals surface area contributed by atoms with E-state index >= 15 is 0 Å². The van der Waals surface area contributed by atoms with Crippen molar-refractivity contribution >= 4 is 21.6 Å². The Morgan fingerprint density at radius 3 is 2.60 bits per heavy atom. The van der Waals surface area contributed by atoms with Crippen LogP contribution in [0.2, 0.25) is 6.55 Å². The van der Waals surface area contributed by atoms with Gasteiger partial charge in [-0.15, -0.1) is 0 Å². The second-order valence-electron chi connectivity index (χ2n) is 2.77. The first-order chi connectivity index (χ1) is 7.09. The van der Waals surface area contributed by atoms with Crippen LogP contribution in [-0.2, 0) is 14.3 Å². The monoisotopic (exact) mass is 230 g/mol. The second-order valence-corrected chi connectivity index (χ2v) is 4.27. The molecule has 0 spiro atoms. The minimum absolute atomic E-state index is 0.0818. The topological polar surface area (TPSA) is 79.2 Å². The lowest BCUT2D eigenvalue weighted by molar-refractivity contribution is -0.138. The van der Waals surface area contributed by atoms with Crippen molar-refractivity contribution in [3.05, 3.63) is 12.2 Å². The third-order valence-electron chi connectivity index (χ3n) is 1.29. The van der Waals surface area contributed by atoms with Gasteiger partial charge in [-0.25, -0.2) is 15.0 Å². The zero-order valence-corrected chi connectivity index (χ0v) is 10.7. The first-order valence-corrected chi connectivity index (χ1v) is 7.08. The predicted octanol–water partition coefficient (Wildman–Crippen LogP) is -0.229. The van der Waals surface area contributed by atoms with Crippen LogP contribution >= 0.6 is 0 Å². The number of ether oxygens (including phenoxy) is 1. The van der Waals surface area contributed by atoms with Gasteiger partial charge in [-0.2, -0.15) is 0 Å². The van der Waals surface area contributed by atoms with Crippen molar-refractivity contribution in [2.75, 3.05) is 19.3 Å². The third kappa shape index (κ3) is 15.5. The highest BCUT2D eigenvalue weighted by atomic mass is 28.2. The van der Waals surface area contributed by atoms with Gasteiger partial charge in [0.2, 0.25) is 6.08 Å². The van der Waals surface area contributed by atoms with Gasteiger partial charge in [0.05, 0.1) is 0 Å². The highest BCUT2D eigenvalue weighted by molar-refractivity contribution is 6.33. The molecule has 86 valence electrons. The minimum Gasteiger partial charge on any atom is -0.461 e. The first-order valence-electron chi connectivity index (χ1n) is 4.67. The van der Waals surface area contributed by atoms with E-state index in [1.807, 2.05) is 0 Å². The Bertz CT molecular complexity index is 225. The molecule has 6 heteroatoms. The maximum absolute atomic E-state index is 10.8. The van der Waals surface area contributed by atoms with Crippen molar-refractivity contribution in [2.24, 2.45) is 0 Å². The van der Waals surface area contributed by atoms with Crippen molar-refractivity contribution in [1.29, 1.82) is 5.41 Å². The molecule has 0 aromatic carbocycles. The lowest BCUT2D eigenvalue weighted by atomic mass is 10.4. The van der Waals surface area contributed by atoms with E-state index < -0.39 is 0 Å². The van der Waals surface area contributed by atoms with Crippen molar-refractivity contribution in [2.45, 2.75) is 13.5 Å². The highest BCUT2D eigenvalue weighted by Crippen LogP contribution is 1.90. The van der Waals surface area contributed by atoms with Gasteiger partial charge in [0.15, 0.2) is 0 Å². The second kappa shape index (κ2) is 12.8. The van der Waals surface area contributed by atoms with Crippen LogP contribution in [0.25, 0.3) is 0 Å². The molecule has 2 N–H and O–H groups in total. The van der Waals surface area contributed by atoms with Crippen LogP contribution in [0.3, 0.4) is 0 Å². The van der Waals surface area contributed by atoms with Gasteiger partial charge in [0.1, 0.15) is 6.61 Å². The molecule has 0 aliphatic carbocycles. The third-order valence-corrected chi connectivity index (χ3v) is 2.14. The van der Waals surface area contributed by atoms with E-state index in [1.165, 1.54) is 0 Å². The number of rotatable bonds is 6. The fraction of sp³-hybridized carbons (Fsp3) is 0.556. The summed E-state index contributed by atoms with van der Waals surface area (Å²) >= 11 is 0. The maximum Gasteiger partial charge on any atom is 0.333 e. The van der Waals surface area contributed by atoms with Crippen LogP contribution in [0.15, 0.2) is 12.2 Å². The molecule has 0 amide bonds. The van der Waals surface area contributed by atoms with Crippen LogP contribution < -0.4 is 5.32 Å². The summed E-state index contributed by atoms with van der Waals surface area (Å²) in [5, 5.41) is 8.59. The molecule has 0 aromatic heterocycles. The molecule has 0 radical (unpaired) electrons. The molecule has 0 rings (SSSR count). The summed E-state index contributed by atoms with van der Waals surface area (Å²) < 4.78 is 4.86. The molecule has 0 saturated heterocycles. The molecular weight excluding hydrogens is 212 g/mol. The smallest absolute Gasteiger partial charge is 0.333 e. The Labute approximate surface area is 92.2 Å². The molecule has 0 atom stereocenters. The van der Waals surface area contributed by atoms with Gasteiger partial charge in [0, 0.05) is 21.6 Å². The normalized spacial score (nSPS) is 8.93. The summed E-state index contributed by atoms with van der Waals surface area (Å²) in [5.41, 5.74) is 0.458. The van der Waals surface area contributed by atoms with E-state index in [-0.39, 0.29) is 15.5 Å². The van der Waals surface area contributed by atoms with E-state index in [9.17, 15) is 4.79 Å². The van der Waals surface area contributed by atoms with Crippen molar-refractivity contribution < 1.29 is 14.3 Å². The van der Waals surface area contributed by atoms with Gasteiger partial charge in [0.25, 0.3) is 0 Å². The van der Waals surface area contributed by atoms with E-state index in [4.69, 9.17) is 14.9 Å². The predicted molar refractivity (Wildman–Crippen MR) is 61.5 cm³/mol. The van der Waals surface area contributed by atoms with E-state index in [0.29, 0.717) is 12.2 Å². The van der Waals surface area contributed by atoms with Gasteiger partial charge in [-0.3, -0.25) is 0 Å². The number of hydrogen-bond donors (Lipinski definition) is 2. The van der Waals surface area contributed by atoms with E-state index in [0.717, 1.165) is 18.8 Å². The van der Waals surface area contributed by atoms with Crippen LogP contribution in [0.4, 0.5) is 0 Å². The fourth-order valence-corrected chi connectivity index (χ4v) is 1.24. The molecule has 15 heavy (non-hydrogen) atoms. The molecule has 0 unspecified atom stereocenters. The average molecular weight is 230 g/mol. The molecular formula is C9H18N2O3Si. The summed E-state index contributed by atoms with van der Waals surface area (Å²) in [6.45, 7) is 8.55. The molecule has 0 heterocycles. The number of hydrogen-bond acceptors (Lipinski definition) is 5. The lowest BCUT2D eigenvalue weighted by Gasteiger charge is -2.04. The Morgan fingerprint density at radius 2 is 2.20 bits per heavy atom. The lowest BCUT2D eigenvalue weighted by Crippen LogP contribution is -2.24. The van der Waals surface area contributed by atoms with Crippen LogP contribution in [0.5, 0.6) is 0 Å². The molecule has 0 fully saturated rings. The van der Waals surface area contributed by atoms with Crippen molar-refractivity contribution in [3.8, 4) is 0 Å². The number of esters is 1. The van der Waals surface area contributed by atoms with Gasteiger partial charge in [-0.05, 0) is 13.1 Å². The van der Waals surface area contributed by atoms with Crippen molar-refractivity contribution in [1.82, 2.24) is 5.32 Å². The number of isocyanates is 1. The molecule has 0 saturated carbocycles. The first kappa shape index (κ1) is 16.2. The Hall–Kier alpha value is -1.23. The van der Waals surface area contributed by atoms with Gasteiger partial charge < -0.3 is 10.1 Å². The van der Waals surface area contributed by atoms with E-state index in [2.05, 4.69) is 18.4 Å². The Balaban J connectivity index is 0.